The summed E-state index contributed by atoms with van der Waals surface area (Å²) < 4.78 is 5.96. The van der Waals surface area contributed by atoms with Crippen LogP contribution in [0.1, 0.15) is 44.3 Å². The monoisotopic (exact) mass is 455 g/mol. The first-order valence-corrected chi connectivity index (χ1v) is 11.5. The van der Waals surface area contributed by atoms with Gasteiger partial charge >= 0.3 is 0 Å². The Morgan fingerprint density at radius 1 is 0.912 bits per heavy atom. The van der Waals surface area contributed by atoms with E-state index < -0.39 is 0 Å². The molecule has 2 aliphatic rings. The summed E-state index contributed by atoms with van der Waals surface area (Å²) in [5.74, 6) is 0.437. The predicted octanol–water partition coefficient (Wildman–Crippen LogP) is 3.10. The molecule has 2 amide bonds. The SMILES string of the molecule is N#Cc1nc(CCCN2C(=O)c3ccccc3C2=O)oc1N1CCN(Cc2ccccc2)CC1. The van der Waals surface area contributed by atoms with Crippen molar-refractivity contribution in [3.8, 4) is 6.07 Å². The van der Waals surface area contributed by atoms with Crippen LogP contribution >= 0.6 is 0 Å². The number of hydrogen-bond acceptors (Lipinski definition) is 7. The average Bonchev–Trinajstić information content (AvgIpc) is 3.40. The third-order valence-electron chi connectivity index (χ3n) is 6.32. The Kier molecular flexibility index (Phi) is 6.11. The van der Waals surface area contributed by atoms with Crippen LogP contribution in [0.4, 0.5) is 5.88 Å². The zero-order chi connectivity index (χ0) is 23.5. The minimum Gasteiger partial charge on any atom is -0.424 e. The van der Waals surface area contributed by atoms with Crippen LogP contribution in [-0.2, 0) is 13.0 Å². The second kappa shape index (κ2) is 9.49. The van der Waals surface area contributed by atoms with Gasteiger partial charge in [0.25, 0.3) is 11.8 Å². The number of aryl methyl sites for hydroxylation is 1. The highest BCUT2D eigenvalue weighted by Gasteiger charge is 2.34. The molecule has 1 aromatic heterocycles. The fourth-order valence-corrected chi connectivity index (χ4v) is 4.53. The highest BCUT2D eigenvalue weighted by Crippen LogP contribution is 2.26. The first-order chi connectivity index (χ1) is 16.6. The van der Waals surface area contributed by atoms with E-state index in [2.05, 4.69) is 45.1 Å². The number of aromatic nitrogens is 1. The van der Waals surface area contributed by atoms with E-state index >= 15 is 0 Å². The number of rotatable bonds is 7. The van der Waals surface area contributed by atoms with Crippen LogP contribution < -0.4 is 4.90 Å². The van der Waals surface area contributed by atoms with E-state index in [1.54, 1.807) is 24.3 Å². The van der Waals surface area contributed by atoms with E-state index in [0.29, 0.717) is 35.7 Å². The molecule has 2 aliphatic heterocycles. The van der Waals surface area contributed by atoms with Gasteiger partial charge in [-0.05, 0) is 24.1 Å². The molecule has 3 heterocycles. The topological polar surface area (TPSA) is 93.7 Å². The predicted molar refractivity (Wildman–Crippen MR) is 125 cm³/mol. The fourth-order valence-electron chi connectivity index (χ4n) is 4.53. The number of piperazine rings is 1. The van der Waals surface area contributed by atoms with E-state index in [4.69, 9.17) is 4.42 Å². The van der Waals surface area contributed by atoms with E-state index in [0.717, 1.165) is 32.7 Å². The van der Waals surface area contributed by atoms with Crippen LogP contribution in [0.3, 0.4) is 0 Å². The lowest BCUT2D eigenvalue weighted by atomic mass is 10.1. The molecule has 0 spiro atoms. The van der Waals surface area contributed by atoms with Gasteiger partial charge in [-0.1, -0.05) is 42.5 Å². The lowest BCUT2D eigenvalue weighted by molar-refractivity contribution is 0.0651. The highest BCUT2D eigenvalue weighted by molar-refractivity contribution is 6.21. The zero-order valence-corrected chi connectivity index (χ0v) is 18.8. The molecule has 0 N–H and O–H groups in total. The van der Waals surface area contributed by atoms with Gasteiger partial charge in [-0.25, -0.2) is 4.98 Å². The lowest BCUT2D eigenvalue weighted by Gasteiger charge is -2.34. The summed E-state index contributed by atoms with van der Waals surface area (Å²) in [6.07, 6.45) is 0.956. The van der Waals surface area contributed by atoms with Crippen molar-refractivity contribution >= 4 is 17.7 Å². The molecular weight excluding hydrogens is 430 g/mol. The molecule has 34 heavy (non-hydrogen) atoms. The molecule has 2 aromatic carbocycles. The van der Waals surface area contributed by atoms with E-state index in [9.17, 15) is 14.9 Å². The van der Waals surface area contributed by atoms with Gasteiger partial charge in [-0.3, -0.25) is 19.4 Å². The van der Waals surface area contributed by atoms with Gasteiger partial charge in [0.2, 0.25) is 11.6 Å². The van der Waals surface area contributed by atoms with Crippen molar-refractivity contribution in [3.63, 3.8) is 0 Å². The molecule has 0 atom stereocenters. The number of amides is 2. The summed E-state index contributed by atoms with van der Waals surface area (Å²) in [4.78, 5) is 35.1. The minimum atomic E-state index is -0.264. The quantitative estimate of drug-likeness (QED) is 0.505. The van der Waals surface area contributed by atoms with Crippen LogP contribution in [-0.4, -0.2) is 59.3 Å². The standard InChI is InChI=1S/C26H25N5O3/c27-17-22-26(30-15-13-29(14-16-30)18-19-7-2-1-3-8-19)34-23(28-22)11-6-12-31-24(32)20-9-4-5-10-21(20)25(31)33/h1-5,7-10H,6,11-16,18H2. The van der Waals surface area contributed by atoms with Gasteiger partial charge in [0.1, 0.15) is 6.07 Å². The van der Waals surface area contributed by atoms with Crippen molar-refractivity contribution in [2.45, 2.75) is 19.4 Å². The Bertz CT molecular complexity index is 1200. The van der Waals surface area contributed by atoms with Gasteiger partial charge in [0, 0.05) is 45.7 Å². The summed E-state index contributed by atoms with van der Waals surface area (Å²) >= 11 is 0. The van der Waals surface area contributed by atoms with Crippen molar-refractivity contribution in [3.05, 3.63) is 82.9 Å². The zero-order valence-electron chi connectivity index (χ0n) is 18.8. The van der Waals surface area contributed by atoms with Crippen molar-refractivity contribution < 1.29 is 14.0 Å². The maximum Gasteiger partial charge on any atom is 0.261 e. The number of imide groups is 1. The van der Waals surface area contributed by atoms with Gasteiger partial charge in [-0.15, -0.1) is 0 Å². The Morgan fingerprint density at radius 2 is 1.56 bits per heavy atom. The summed E-state index contributed by atoms with van der Waals surface area (Å²) in [5, 5.41) is 9.57. The summed E-state index contributed by atoms with van der Waals surface area (Å²) in [5.41, 5.74) is 2.47. The number of nitrogens with zero attached hydrogens (tertiary/aromatic N) is 5. The van der Waals surface area contributed by atoms with Crippen molar-refractivity contribution in [2.75, 3.05) is 37.6 Å². The number of carbonyl (C=O) groups excluding carboxylic acids is 2. The van der Waals surface area contributed by atoms with Crippen LogP contribution in [0.25, 0.3) is 0 Å². The normalized spacial score (nSPS) is 16.1. The average molecular weight is 456 g/mol. The molecule has 1 fully saturated rings. The maximum atomic E-state index is 12.5. The second-order valence-electron chi connectivity index (χ2n) is 8.53. The molecule has 5 rings (SSSR count). The Balaban J connectivity index is 1.17. The van der Waals surface area contributed by atoms with Crippen LogP contribution in [0.2, 0.25) is 0 Å². The molecule has 0 unspecified atom stereocenters. The first kappa shape index (κ1) is 21.9. The summed E-state index contributed by atoms with van der Waals surface area (Å²) in [6, 6.07) is 19.4. The van der Waals surface area contributed by atoms with Crippen molar-refractivity contribution in [1.82, 2.24) is 14.8 Å². The molecule has 0 bridgehead atoms. The van der Waals surface area contributed by atoms with Gasteiger partial charge in [0.15, 0.2) is 5.89 Å². The first-order valence-electron chi connectivity index (χ1n) is 11.5. The van der Waals surface area contributed by atoms with Gasteiger partial charge in [0.05, 0.1) is 11.1 Å². The molecule has 8 nitrogen and oxygen atoms in total. The molecule has 0 saturated carbocycles. The van der Waals surface area contributed by atoms with E-state index in [-0.39, 0.29) is 24.1 Å². The summed E-state index contributed by atoms with van der Waals surface area (Å²) in [6.45, 7) is 4.44. The Hall–Kier alpha value is -3.96. The number of carbonyl (C=O) groups is 2. The van der Waals surface area contributed by atoms with E-state index in [1.165, 1.54) is 10.5 Å². The number of hydrogen-bond donors (Lipinski definition) is 0. The second-order valence-corrected chi connectivity index (χ2v) is 8.53. The number of benzene rings is 2. The Labute approximate surface area is 198 Å². The van der Waals surface area contributed by atoms with Crippen LogP contribution in [0, 0.1) is 11.3 Å². The lowest BCUT2D eigenvalue weighted by Crippen LogP contribution is -2.46. The van der Waals surface area contributed by atoms with Crippen LogP contribution in [0.15, 0.2) is 59.0 Å². The number of fused-ring (bicyclic) bond motifs is 1. The summed E-state index contributed by atoms with van der Waals surface area (Å²) in [7, 11) is 0. The maximum absolute atomic E-state index is 12.5. The number of oxazole rings is 1. The molecule has 0 radical (unpaired) electrons. The Morgan fingerprint density at radius 3 is 2.21 bits per heavy atom. The molecule has 172 valence electrons. The molecule has 3 aromatic rings. The van der Waals surface area contributed by atoms with Crippen LogP contribution in [0.5, 0.6) is 0 Å². The smallest absolute Gasteiger partial charge is 0.261 e. The van der Waals surface area contributed by atoms with Crippen molar-refractivity contribution in [1.29, 1.82) is 5.26 Å². The largest absolute Gasteiger partial charge is 0.424 e. The molecule has 0 aliphatic carbocycles. The number of nitriles is 1. The van der Waals surface area contributed by atoms with Gasteiger partial charge < -0.3 is 9.32 Å². The van der Waals surface area contributed by atoms with Gasteiger partial charge in [-0.2, -0.15) is 5.26 Å². The third-order valence-corrected chi connectivity index (χ3v) is 6.32. The molecular formula is C26H25N5O3. The third kappa shape index (κ3) is 4.30. The van der Waals surface area contributed by atoms with Crippen molar-refractivity contribution in [2.24, 2.45) is 0 Å². The minimum absolute atomic E-state index is 0.264. The van der Waals surface area contributed by atoms with E-state index in [1.807, 2.05) is 6.07 Å². The fraction of sp³-hybridized carbons (Fsp3) is 0.308. The highest BCUT2D eigenvalue weighted by atomic mass is 16.4. The number of anilines is 1. The molecule has 1 saturated heterocycles. The molecule has 8 heteroatoms.